The smallest absolute Gasteiger partial charge is 0.433 e. The fraction of sp³-hybridized carbons (Fsp3) is 0.238. The molecule has 17 heteroatoms. The van der Waals surface area contributed by atoms with Gasteiger partial charge in [-0.1, -0.05) is 0 Å². The van der Waals surface area contributed by atoms with Crippen LogP contribution in [0.25, 0.3) is 17.1 Å². The second-order valence-electron chi connectivity index (χ2n) is 8.09. The van der Waals surface area contributed by atoms with Crippen molar-refractivity contribution in [3.8, 4) is 17.3 Å². The number of ether oxygens (including phenoxy) is 1. The number of carbonyl (C=O) groups is 1. The third-order valence-electron chi connectivity index (χ3n) is 5.84. The Bertz CT molecular complexity index is 1640. The summed E-state index contributed by atoms with van der Waals surface area (Å²) in [4.78, 5) is 22.2. The molecule has 12 nitrogen and oxygen atoms in total. The zero-order valence-corrected chi connectivity index (χ0v) is 18.8. The summed E-state index contributed by atoms with van der Waals surface area (Å²) in [5.74, 6) is -1.72. The van der Waals surface area contributed by atoms with Crippen LogP contribution in [0.1, 0.15) is 33.8 Å². The summed E-state index contributed by atoms with van der Waals surface area (Å²) >= 11 is 0. The Kier molecular flexibility index (Phi) is 5.35. The molecule has 1 atom stereocenters. The van der Waals surface area contributed by atoms with Gasteiger partial charge in [-0.2, -0.15) is 23.7 Å². The van der Waals surface area contributed by atoms with Gasteiger partial charge in [0, 0.05) is 31.1 Å². The predicted octanol–water partition coefficient (Wildman–Crippen LogP) is 3.17. The lowest BCUT2D eigenvalue weighted by molar-refractivity contribution is -0.212. The number of aromatic amines is 1. The molecule has 0 aromatic carbocycles. The van der Waals surface area contributed by atoms with Crippen LogP contribution < -0.4 is 4.74 Å². The van der Waals surface area contributed by atoms with Crippen molar-refractivity contribution >= 4 is 11.4 Å². The summed E-state index contributed by atoms with van der Waals surface area (Å²) in [6.45, 7) is -2.90. The molecule has 6 heterocycles. The van der Waals surface area contributed by atoms with E-state index in [4.69, 9.17) is 4.42 Å². The van der Waals surface area contributed by atoms with Gasteiger partial charge in [0.05, 0.1) is 17.7 Å². The molecule has 196 valence electrons. The number of hydrogen-bond acceptors (Lipinski definition) is 8. The van der Waals surface area contributed by atoms with Gasteiger partial charge in [0.25, 0.3) is 5.89 Å². The van der Waals surface area contributed by atoms with Crippen molar-refractivity contribution in [2.45, 2.75) is 25.4 Å². The molecule has 0 spiro atoms. The first kappa shape index (κ1) is 23.6. The molecule has 5 aromatic rings. The molecule has 0 unspecified atom stereocenters. The van der Waals surface area contributed by atoms with E-state index in [1.54, 1.807) is 0 Å². The highest BCUT2D eigenvalue weighted by Gasteiger charge is 2.39. The second kappa shape index (κ2) is 8.63. The van der Waals surface area contributed by atoms with Crippen LogP contribution in [0, 0.1) is 0 Å². The minimum absolute atomic E-state index is 0.114. The number of fused-ring (bicyclic) bond motifs is 2. The van der Waals surface area contributed by atoms with Gasteiger partial charge in [0.1, 0.15) is 17.3 Å². The largest absolute Gasteiger partial charge is 0.504 e. The number of H-pyrrole nitrogens is 1. The van der Waals surface area contributed by atoms with E-state index in [9.17, 15) is 26.7 Å². The zero-order chi connectivity index (χ0) is 26.6. The van der Waals surface area contributed by atoms with Crippen molar-refractivity contribution < 1.29 is 35.9 Å². The normalized spacial score (nSPS) is 15.8. The van der Waals surface area contributed by atoms with Gasteiger partial charge in [-0.3, -0.25) is 4.79 Å². The van der Waals surface area contributed by atoms with E-state index in [2.05, 4.69) is 35.1 Å². The number of rotatable bonds is 5. The molecule has 0 bridgehead atoms. The summed E-state index contributed by atoms with van der Waals surface area (Å²) in [5.41, 5.74) is 1.46. The predicted molar refractivity (Wildman–Crippen MR) is 114 cm³/mol. The maximum atomic E-state index is 13.5. The maximum absolute atomic E-state index is 13.5. The summed E-state index contributed by atoms with van der Waals surface area (Å²) in [6, 6.07) is 4.47. The molecule has 0 saturated carbocycles. The number of hydrogen-bond donors (Lipinski definition) is 1. The number of amides is 1. The molecule has 1 aliphatic heterocycles. The highest BCUT2D eigenvalue weighted by Crippen LogP contribution is 2.36. The number of nitrogens with zero attached hydrogens (tertiary/aromatic N) is 8. The summed E-state index contributed by atoms with van der Waals surface area (Å²) in [5, 5.41) is 15.2. The Morgan fingerprint density at radius 2 is 2.03 bits per heavy atom. The van der Waals surface area contributed by atoms with E-state index in [1.807, 2.05) is 0 Å². The molecule has 38 heavy (non-hydrogen) atoms. The number of imidazole rings is 1. The Morgan fingerprint density at radius 3 is 2.79 bits per heavy atom. The first-order chi connectivity index (χ1) is 18.2. The Balaban J connectivity index is 1.36. The fourth-order valence-corrected chi connectivity index (χ4v) is 4.25. The van der Waals surface area contributed by atoms with E-state index >= 15 is 0 Å². The van der Waals surface area contributed by atoms with E-state index in [0.29, 0.717) is 24.0 Å². The van der Waals surface area contributed by atoms with Gasteiger partial charge in [-0.15, -0.1) is 23.4 Å². The summed E-state index contributed by atoms with van der Waals surface area (Å²) < 4.78 is 75.5. The number of aromatic nitrogens is 8. The Labute approximate surface area is 207 Å². The van der Waals surface area contributed by atoms with Crippen LogP contribution in [-0.4, -0.2) is 63.5 Å². The third-order valence-corrected chi connectivity index (χ3v) is 5.84. The van der Waals surface area contributed by atoms with Gasteiger partial charge in [0.2, 0.25) is 0 Å². The number of nitrogens with one attached hydrogen (secondary N) is 1. The first-order valence-electron chi connectivity index (χ1n) is 10.9. The Morgan fingerprint density at radius 1 is 1.18 bits per heavy atom. The van der Waals surface area contributed by atoms with Crippen molar-refractivity contribution in [2.75, 3.05) is 6.54 Å². The highest BCUT2D eigenvalue weighted by atomic mass is 19.4. The van der Waals surface area contributed by atoms with Gasteiger partial charge in [-0.05, 0) is 24.3 Å². The monoisotopic (exact) mass is 535 g/mol. The van der Waals surface area contributed by atoms with Gasteiger partial charge in [-0.25, -0.2) is 9.50 Å². The van der Waals surface area contributed by atoms with E-state index in [1.165, 1.54) is 40.1 Å². The van der Waals surface area contributed by atoms with Gasteiger partial charge in [0.15, 0.2) is 5.75 Å². The third kappa shape index (κ3) is 4.00. The topological polar surface area (TPSA) is 132 Å². The number of halogens is 5. The molecule has 1 aliphatic rings. The fourth-order valence-electron chi connectivity index (χ4n) is 4.25. The molecule has 0 saturated heterocycles. The first-order valence-corrected chi connectivity index (χ1v) is 10.9. The van der Waals surface area contributed by atoms with E-state index in [-0.39, 0.29) is 34.1 Å². The second-order valence-corrected chi connectivity index (χ2v) is 8.09. The van der Waals surface area contributed by atoms with Crippen molar-refractivity contribution in [1.82, 2.24) is 44.5 Å². The van der Waals surface area contributed by atoms with E-state index < -0.39 is 30.8 Å². The highest BCUT2D eigenvalue weighted by molar-refractivity contribution is 5.90. The molecular weight excluding hydrogens is 521 g/mol. The molecule has 0 radical (unpaired) electrons. The van der Waals surface area contributed by atoms with Crippen LogP contribution in [-0.2, 0) is 12.7 Å². The lowest BCUT2D eigenvalue weighted by Gasteiger charge is -2.32. The number of carbonyl (C=O) groups excluding carboxylic acids is 1. The molecule has 1 N–H and O–H groups in total. The van der Waals surface area contributed by atoms with Crippen molar-refractivity contribution in [3.63, 3.8) is 0 Å². The van der Waals surface area contributed by atoms with Crippen molar-refractivity contribution in [3.05, 3.63) is 66.0 Å². The molecule has 1 amide bonds. The minimum Gasteiger partial charge on any atom is -0.433 e. The standard InChI is InChI=1S/C21H14F5N9O3/c22-20(23)37-14-2-1-5-34-13(14)8-12(31-34)16-15-10(27-9-28-15)3-6-33(16)19(36)18-30-29-17(38-18)11-4-7-35(32-11)21(24,25)26/h1-2,4-5,7-9,16,20H,3,6H2,(H,27,28)/t16-/m0/s1. The molecule has 5 aromatic heterocycles. The zero-order valence-electron chi connectivity index (χ0n) is 18.8. The average Bonchev–Trinajstić information content (AvgIpc) is 3.66. The van der Waals surface area contributed by atoms with Crippen LogP contribution in [0.3, 0.4) is 0 Å². The maximum Gasteiger partial charge on any atom is 0.504 e. The van der Waals surface area contributed by atoms with Gasteiger partial charge >= 0.3 is 24.7 Å². The minimum atomic E-state index is -4.74. The van der Waals surface area contributed by atoms with Crippen molar-refractivity contribution in [2.24, 2.45) is 0 Å². The lowest BCUT2D eigenvalue weighted by atomic mass is 9.99. The van der Waals surface area contributed by atoms with Crippen molar-refractivity contribution in [1.29, 1.82) is 0 Å². The van der Waals surface area contributed by atoms with Crippen LogP contribution in [0.15, 0.2) is 47.4 Å². The Hall–Kier alpha value is -4.83. The molecular formula is C21H14F5N9O3. The summed E-state index contributed by atoms with van der Waals surface area (Å²) in [7, 11) is 0. The number of pyridine rings is 1. The SMILES string of the molecule is O=C(c1nnc(-c2ccn(C(F)(F)F)n2)o1)N1CCc2[nH]cnc2[C@@H]1c1cc2c(OC(F)F)cccn2n1. The van der Waals surface area contributed by atoms with Crippen LogP contribution >= 0.6 is 0 Å². The van der Waals surface area contributed by atoms with Crippen LogP contribution in [0.5, 0.6) is 5.75 Å². The van der Waals surface area contributed by atoms with Crippen LogP contribution in [0.4, 0.5) is 22.0 Å². The molecule has 0 fully saturated rings. The average molecular weight is 535 g/mol. The number of alkyl halides is 5. The molecule has 6 rings (SSSR count). The van der Waals surface area contributed by atoms with E-state index in [0.717, 1.165) is 11.8 Å². The lowest BCUT2D eigenvalue weighted by Crippen LogP contribution is -2.41. The quantitative estimate of drug-likeness (QED) is 0.340. The molecule has 0 aliphatic carbocycles. The summed E-state index contributed by atoms with van der Waals surface area (Å²) in [6.07, 6.45) is -0.693. The van der Waals surface area contributed by atoms with Gasteiger partial charge < -0.3 is 19.0 Å². The van der Waals surface area contributed by atoms with Crippen LogP contribution in [0.2, 0.25) is 0 Å².